The summed E-state index contributed by atoms with van der Waals surface area (Å²) in [6, 6.07) is 11.3. The number of carbonyl (C=O) groups excluding carboxylic acids is 1. The Morgan fingerprint density at radius 1 is 1.10 bits per heavy atom. The van der Waals surface area contributed by atoms with Crippen molar-refractivity contribution in [1.82, 2.24) is 0 Å². The first-order valence-electron chi connectivity index (χ1n) is 5.88. The molecule has 0 amide bonds. The van der Waals surface area contributed by atoms with Gasteiger partial charge in [-0.15, -0.1) is 0 Å². The normalized spacial score (nSPS) is 10.8. The summed E-state index contributed by atoms with van der Waals surface area (Å²) >= 11 is 3.29. The lowest BCUT2D eigenvalue weighted by Crippen LogP contribution is -2.04. The van der Waals surface area contributed by atoms with Gasteiger partial charge in [0.15, 0.2) is 5.78 Å². The van der Waals surface area contributed by atoms with E-state index in [2.05, 4.69) is 20.9 Å². The summed E-state index contributed by atoms with van der Waals surface area (Å²) in [4.78, 5) is 15.9. The first-order chi connectivity index (χ1) is 9.59. The largest absolute Gasteiger partial charge is 0.507 e. The van der Waals surface area contributed by atoms with Gasteiger partial charge in [0.2, 0.25) is 0 Å². The van der Waals surface area contributed by atoms with Crippen molar-refractivity contribution in [2.75, 3.05) is 6.54 Å². The van der Waals surface area contributed by atoms with Crippen LogP contribution in [0.2, 0.25) is 0 Å². The molecule has 0 heterocycles. The lowest BCUT2D eigenvalue weighted by atomic mass is 10.1. The highest BCUT2D eigenvalue weighted by Crippen LogP contribution is 2.23. The Labute approximate surface area is 124 Å². The van der Waals surface area contributed by atoms with E-state index >= 15 is 0 Å². The summed E-state index contributed by atoms with van der Waals surface area (Å²) in [7, 11) is 0. The van der Waals surface area contributed by atoms with Crippen molar-refractivity contribution in [2.24, 2.45) is 4.99 Å². The van der Waals surface area contributed by atoms with E-state index < -0.39 is 0 Å². The molecule has 0 aromatic heterocycles. The number of aliphatic imine (C=N–C) groups is 1. The molecule has 2 aromatic carbocycles. The molecule has 0 atom stereocenters. The number of hydrogen-bond acceptors (Lipinski definition) is 4. The van der Waals surface area contributed by atoms with Gasteiger partial charge in [-0.2, -0.15) is 0 Å². The summed E-state index contributed by atoms with van der Waals surface area (Å²) in [6.07, 6.45) is 1.43. The van der Waals surface area contributed by atoms with E-state index in [0.29, 0.717) is 10.0 Å². The molecule has 0 fully saturated rings. The van der Waals surface area contributed by atoms with Crippen LogP contribution in [0.4, 0.5) is 0 Å². The summed E-state index contributed by atoms with van der Waals surface area (Å²) < 4.78 is 0.691. The minimum absolute atomic E-state index is 0.0589. The second-order valence-electron chi connectivity index (χ2n) is 4.08. The van der Waals surface area contributed by atoms with Crippen LogP contribution in [-0.4, -0.2) is 28.8 Å². The second kappa shape index (κ2) is 6.34. The molecule has 2 N–H and O–H groups in total. The zero-order chi connectivity index (χ0) is 14.5. The van der Waals surface area contributed by atoms with Crippen molar-refractivity contribution in [1.29, 1.82) is 0 Å². The highest BCUT2D eigenvalue weighted by molar-refractivity contribution is 9.10. The van der Waals surface area contributed by atoms with Gasteiger partial charge in [-0.1, -0.05) is 18.2 Å². The number of phenolic OH excluding ortho intramolecular Hbond substituents is 2. The Balaban J connectivity index is 2.11. The molecular formula is C15H12BrNO3. The molecule has 2 rings (SSSR count). The smallest absolute Gasteiger partial charge is 0.187 e. The number of halogens is 1. The number of nitrogens with zero attached hydrogens (tertiary/aromatic N) is 1. The fourth-order valence-electron chi connectivity index (χ4n) is 1.67. The Hall–Kier alpha value is -2.14. The molecule has 0 aliphatic carbocycles. The predicted octanol–water partition coefficient (Wildman–Crippen LogP) is 3.16. The number of hydrogen-bond donors (Lipinski definition) is 2. The number of benzene rings is 2. The summed E-state index contributed by atoms with van der Waals surface area (Å²) in [6.45, 7) is -0.0989. The van der Waals surface area contributed by atoms with Crippen LogP contribution in [0, 0.1) is 0 Å². The third-order valence-electron chi connectivity index (χ3n) is 2.69. The maximum atomic E-state index is 11.9. The first-order valence-corrected chi connectivity index (χ1v) is 6.67. The van der Waals surface area contributed by atoms with Gasteiger partial charge in [0.25, 0.3) is 0 Å². The van der Waals surface area contributed by atoms with Crippen molar-refractivity contribution in [2.45, 2.75) is 0 Å². The van der Waals surface area contributed by atoms with Gasteiger partial charge >= 0.3 is 0 Å². The minimum Gasteiger partial charge on any atom is -0.507 e. The van der Waals surface area contributed by atoms with Gasteiger partial charge in [-0.3, -0.25) is 9.79 Å². The maximum Gasteiger partial charge on any atom is 0.187 e. The van der Waals surface area contributed by atoms with Crippen molar-refractivity contribution in [3.8, 4) is 11.5 Å². The molecule has 0 aliphatic rings. The van der Waals surface area contributed by atoms with Gasteiger partial charge in [0.05, 0.1) is 5.56 Å². The Bertz CT molecular complexity index is 648. The summed E-state index contributed by atoms with van der Waals surface area (Å²) in [5, 5.41) is 19.2. The molecule has 0 radical (unpaired) electrons. The number of para-hydroxylation sites is 1. The SMILES string of the molecule is O=C(CN=Cc1c(O)cccc1Br)c1ccccc1O. The average Bonchev–Trinajstić information content (AvgIpc) is 2.42. The summed E-state index contributed by atoms with van der Waals surface area (Å²) in [5.41, 5.74) is 0.749. The molecule has 4 nitrogen and oxygen atoms in total. The van der Waals surface area contributed by atoms with Crippen molar-refractivity contribution in [3.63, 3.8) is 0 Å². The van der Waals surface area contributed by atoms with Gasteiger partial charge < -0.3 is 10.2 Å². The Morgan fingerprint density at radius 2 is 1.80 bits per heavy atom. The molecule has 0 saturated heterocycles. The van der Waals surface area contributed by atoms with E-state index in [9.17, 15) is 15.0 Å². The number of ketones is 1. The number of Topliss-reactive ketones (excluding diaryl/α,β-unsaturated/α-hetero) is 1. The quantitative estimate of drug-likeness (QED) is 0.667. The van der Waals surface area contributed by atoms with Crippen LogP contribution in [0.3, 0.4) is 0 Å². The fraction of sp³-hybridized carbons (Fsp3) is 0.0667. The van der Waals surface area contributed by atoms with Gasteiger partial charge in [-0.05, 0) is 40.2 Å². The van der Waals surface area contributed by atoms with Crippen LogP contribution in [0.15, 0.2) is 51.9 Å². The zero-order valence-corrected chi connectivity index (χ0v) is 12.0. The van der Waals surface area contributed by atoms with Gasteiger partial charge in [0.1, 0.15) is 18.0 Å². The number of phenols is 2. The predicted molar refractivity (Wildman–Crippen MR) is 80.7 cm³/mol. The number of rotatable bonds is 4. The third-order valence-corrected chi connectivity index (χ3v) is 3.38. The Kier molecular flexibility index (Phi) is 4.53. The van der Waals surface area contributed by atoms with Gasteiger partial charge in [0, 0.05) is 16.3 Å². The first kappa shape index (κ1) is 14.3. The Morgan fingerprint density at radius 3 is 2.50 bits per heavy atom. The summed E-state index contributed by atoms with van der Waals surface area (Å²) in [5.74, 6) is -0.263. The number of aromatic hydroxyl groups is 2. The third kappa shape index (κ3) is 3.24. The topological polar surface area (TPSA) is 69.9 Å². The van der Waals surface area contributed by atoms with E-state index in [1.165, 1.54) is 18.3 Å². The molecule has 2 aromatic rings. The standard InChI is InChI=1S/C15H12BrNO3/c16-12-5-3-7-14(19)11(12)8-17-9-15(20)10-4-1-2-6-13(10)18/h1-8,18-19H,9H2. The molecule has 20 heavy (non-hydrogen) atoms. The molecule has 0 aliphatic heterocycles. The molecular weight excluding hydrogens is 322 g/mol. The van der Waals surface area contributed by atoms with E-state index in [1.54, 1.807) is 30.3 Å². The van der Waals surface area contributed by atoms with E-state index in [1.807, 2.05) is 0 Å². The van der Waals surface area contributed by atoms with Crippen molar-refractivity contribution >= 4 is 27.9 Å². The van der Waals surface area contributed by atoms with Crippen LogP contribution in [0.5, 0.6) is 11.5 Å². The fourth-order valence-corrected chi connectivity index (χ4v) is 2.13. The van der Waals surface area contributed by atoms with Crippen LogP contribution < -0.4 is 0 Å². The van der Waals surface area contributed by atoms with Crippen LogP contribution in [0.1, 0.15) is 15.9 Å². The highest BCUT2D eigenvalue weighted by Gasteiger charge is 2.09. The monoisotopic (exact) mass is 333 g/mol. The van der Waals surface area contributed by atoms with Crippen molar-refractivity contribution < 1.29 is 15.0 Å². The lowest BCUT2D eigenvalue weighted by Gasteiger charge is -2.02. The van der Waals surface area contributed by atoms with Crippen LogP contribution >= 0.6 is 15.9 Å². The van der Waals surface area contributed by atoms with Crippen LogP contribution in [0.25, 0.3) is 0 Å². The van der Waals surface area contributed by atoms with E-state index in [-0.39, 0.29) is 29.4 Å². The van der Waals surface area contributed by atoms with Gasteiger partial charge in [-0.25, -0.2) is 0 Å². The zero-order valence-electron chi connectivity index (χ0n) is 10.5. The average molecular weight is 334 g/mol. The van der Waals surface area contributed by atoms with E-state index in [4.69, 9.17) is 0 Å². The number of carbonyl (C=O) groups is 1. The molecule has 102 valence electrons. The lowest BCUT2D eigenvalue weighted by molar-refractivity contribution is 0.0999. The molecule has 0 spiro atoms. The van der Waals surface area contributed by atoms with Crippen LogP contribution in [-0.2, 0) is 0 Å². The molecule has 5 heteroatoms. The minimum atomic E-state index is -0.286. The highest BCUT2D eigenvalue weighted by atomic mass is 79.9. The second-order valence-corrected chi connectivity index (χ2v) is 4.94. The maximum absolute atomic E-state index is 11.9. The molecule has 0 unspecified atom stereocenters. The van der Waals surface area contributed by atoms with Crippen molar-refractivity contribution in [3.05, 3.63) is 58.1 Å². The molecule has 0 saturated carbocycles. The van der Waals surface area contributed by atoms with E-state index in [0.717, 1.165) is 0 Å². The molecule has 0 bridgehead atoms.